The molecule has 1 heterocycles. The van der Waals surface area contributed by atoms with E-state index in [9.17, 15) is 15.0 Å². The van der Waals surface area contributed by atoms with Gasteiger partial charge in [-0.2, -0.15) is 0 Å². The topological polar surface area (TPSA) is 79.1 Å². The summed E-state index contributed by atoms with van der Waals surface area (Å²) in [7, 11) is 0. The summed E-state index contributed by atoms with van der Waals surface area (Å²) in [4.78, 5) is 15.6. The molecular weight excluding hydrogens is 338 g/mol. The number of aromatic hydroxyl groups is 1. The predicted molar refractivity (Wildman–Crippen MR) is 102 cm³/mol. The number of carboxylic acid groups (broad SMARTS) is 1. The van der Waals surface area contributed by atoms with Crippen LogP contribution in [0.15, 0.2) is 23.2 Å². The normalized spacial score (nSPS) is 19.7. The Bertz CT molecular complexity index is 632. The van der Waals surface area contributed by atoms with Gasteiger partial charge in [-0.25, -0.2) is 4.79 Å². The predicted octanol–water partition coefficient (Wildman–Crippen LogP) is 4.47. The number of aliphatic carboxylic acids is 1. The Morgan fingerprint density at radius 1 is 1.28 bits per heavy atom. The number of phenolic OH excluding ortho intramolecular Hbond substituents is 1. The first-order chi connectivity index (χ1) is 12.0. The summed E-state index contributed by atoms with van der Waals surface area (Å²) < 4.78 is 5.78. The molecule has 0 aromatic heterocycles. The average molecular weight is 365 g/mol. The van der Waals surface area contributed by atoms with Crippen molar-refractivity contribution in [2.45, 2.75) is 57.9 Å². The molecule has 0 aliphatic carbocycles. The standard InChI is InChI=1S/C19H27NO4S/c1-3-4-5-6-7-8-11-24-14-9-10-16(21)15(12-14)17-20-19(2,13-25-17)18(22)23/h9-10,12,21H,3-8,11,13H2,1-2H3,(H,22,23)/t19-/m1/s1. The van der Waals surface area contributed by atoms with Crippen LogP contribution < -0.4 is 4.74 Å². The second kappa shape index (κ2) is 9.13. The van der Waals surface area contributed by atoms with Crippen LogP contribution in [0, 0.1) is 0 Å². The molecule has 2 N–H and O–H groups in total. The fraction of sp³-hybridized carbons (Fsp3) is 0.579. The van der Waals surface area contributed by atoms with Crippen molar-refractivity contribution >= 4 is 22.8 Å². The smallest absolute Gasteiger partial charge is 0.332 e. The van der Waals surface area contributed by atoms with Crippen molar-refractivity contribution in [3.8, 4) is 11.5 Å². The van der Waals surface area contributed by atoms with Crippen LogP contribution in [0.4, 0.5) is 0 Å². The Morgan fingerprint density at radius 2 is 2.00 bits per heavy atom. The van der Waals surface area contributed by atoms with Gasteiger partial charge in [-0.05, 0) is 31.5 Å². The van der Waals surface area contributed by atoms with Gasteiger partial charge in [-0.15, -0.1) is 11.8 Å². The number of carboxylic acids is 1. The zero-order valence-electron chi connectivity index (χ0n) is 15.0. The zero-order valence-corrected chi connectivity index (χ0v) is 15.8. The molecule has 6 heteroatoms. The second-order valence-corrected chi connectivity index (χ2v) is 7.54. The Hall–Kier alpha value is -1.69. The maximum atomic E-state index is 11.3. The van der Waals surface area contributed by atoms with E-state index in [1.807, 2.05) is 0 Å². The van der Waals surface area contributed by atoms with Crippen LogP contribution in [0.5, 0.6) is 11.5 Å². The minimum Gasteiger partial charge on any atom is -0.507 e. The van der Waals surface area contributed by atoms with Gasteiger partial charge in [0.15, 0.2) is 5.54 Å². The molecule has 0 saturated carbocycles. The van der Waals surface area contributed by atoms with Gasteiger partial charge in [0.2, 0.25) is 0 Å². The summed E-state index contributed by atoms with van der Waals surface area (Å²) in [5.74, 6) is 0.173. The van der Waals surface area contributed by atoms with Crippen molar-refractivity contribution in [1.29, 1.82) is 0 Å². The third-order valence-corrected chi connectivity index (χ3v) is 5.56. The first-order valence-electron chi connectivity index (χ1n) is 8.88. The number of nitrogens with zero attached hydrogens (tertiary/aromatic N) is 1. The fourth-order valence-corrected chi connectivity index (χ4v) is 3.78. The summed E-state index contributed by atoms with van der Waals surface area (Å²) in [6.45, 7) is 4.44. The van der Waals surface area contributed by atoms with E-state index in [1.54, 1.807) is 25.1 Å². The summed E-state index contributed by atoms with van der Waals surface area (Å²) in [6.07, 6.45) is 7.21. The highest BCUT2D eigenvalue weighted by Gasteiger charge is 2.39. The maximum absolute atomic E-state index is 11.3. The number of aliphatic imine (C=N–C) groups is 1. The van der Waals surface area contributed by atoms with Crippen LogP contribution in [0.1, 0.15) is 57.9 Å². The summed E-state index contributed by atoms with van der Waals surface area (Å²) in [5, 5.41) is 19.9. The third kappa shape index (κ3) is 5.39. The van der Waals surface area contributed by atoms with Gasteiger partial charge in [0, 0.05) is 5.75 Å². The second-order valence-electron chi connectivity index (χ2n) is 6.58. The Morgan fingerprint density at radius 3 is 2.68 bits per heavy atom. The van der Waals surface area contributed by atoms with Crippen molar-refractivity contribution < 1.29 is 19.7 Å². The number of rotatable bonds is 10. The van der Waals surface area contributed by atoms with Crippen molar-refractivity contribution in [1.82, 2.24) is 0 Å². The Kier molecular flexibility index (Phi) is 7.17. The average Bonchev–Trinajstić information content (AvgIpc) is 2.99. The first-order valence-corrected chi connectivity index (χ1v) is 9.87. The van der Waals surface area contributed by atoms with Crippen LogP contribution in [0.2, 0.25) is 0 Å². The lowest BCUT2D eigenvalue weighted by Crippen LogP contribution is -2.33. The lowest BCUT2D eigenvalue weighted by Gasteiger charge is -2.12. The monoisotopic (exact) mass is 365 g/mol. The minimum absolute atomic E-state index is 0.0906. The van der Waals surface area contributed by atoms with Crippen molar-refractivity contribution in [3.63, 3.8) is 0 Å². The summed E-state index contributed by atoms with van der Waals surface area (Å²) in [6, 6.07) is 5.05. The Balaban J connectivity index is 1.93. The van der Waals surface area contributed by atoms with Crippen LogP contribution >= 0.6 is 11.8 Å². The van der Waals surface area contributed by atoms with Crippen LogP contribution in [0.3, 0.4) is 0 Å². The van der Waals surface area contributed by atoms with Crippen LogP contribution in [-0.2, 0) is 4.79 Å². The van der Waals surface area contributed by atoms with Crippen LogP contribution in [0.25, 0.3) is 0 Å². The molecule has 0 bridgehead atoms. The van der Waals surface area contributed by atoms with Crippen LogP contribution in [-0.4, -0.2) is 39.1 Å². The largest absolute Gasteiger partial charge is 0.507 e. The Labute approximate surface area is 153 Å². The van der Waals surface area contributed by atoms with Crippen molar-refractivity contribution in [2.24, 2.45) is 4.99 Å². The van der Waals surface area contributed by atoms with Gasteiger partial charge >= 0.3 is 5.97 Å². The highest BCUT2D eigenvalue weighted by atomic mass is 32.2. The third-order valence-electron chi connectivity index (χ3n) is 4.26. The molecule has 0 spiro atoms. The van der Waals surface area contributed by atoms with Gasteiger partial charge in [-0.3, -0.25) is 4.99 Å². The molecule has 25 heavy (non-hydrogen) atoms. The highest BCUT2D eigenvalue weighted by Crippen LogP contribution is 2.35. The van der Waals surface area contributed by atoms with E-state index in [0.29, 0.717) is 28.7 Å². The SMILES string of the molecule is CCCCCCCCOc1ccc(O)c(C2=N[C@@](C)(C(=O)O)CS2)c1. The zero-order chi connectivity index (χ0) is 18.3. The molecule has 0 unspecified atom stereocenters. The molecule has 1 atom stereocenters. The van der Waals surface area contributed by atoms with E-state index >= 15 is 0 Å². The number of benzene rings is 1. The van der Waals surface area contributed by atoms with E-state index in [0.717, 1.165) is 12.8 Å². The molecule has 0 amide bonds. The highest BCUT2D eigenvalue weighted by molar-refractivity contribution is 8.14. The van der Waals surface area contributed by atoms with E-state index in [-0.39, 0.29) is 5.75 Å². The summed E-state index contributed by atoms with van der Waals surface area (Å²) in [5.41, 5.74) is -0.600. The van der Waals surface area contributed by atoms with E-state index in [4.69, 9.17) is 4.74 Å². The van der Waals surface area contributed by atoms with Crippen molar-refractivity contribution in [3.05, 3.63) is 23.8 Å². The molecule has 1 aromatic carbocycles. The molecule has 5 nitrogen and oxygen atoms in total. The maximum Gasteiger partial charge on any atom is 0.332 e. The lowest BCUT2D eigenvalue weighted by atomic mass is 10.1. The molecule has 0 saturated heterocycles. The number of thioether (sulfide) groups is 1. The van der Waals surface area contributed by atoms with E-state index in [1.165, 1.54) is 37.4 Å². The van der Waals surface area contributed by atoms with Gasteiger partial charge in [0.1, 0.15) is 16.5 Å². The van der Waals surface area contributed by atoms with Gasteiger partial charge in [0.25, 0.3) is 0 Å². The van der Waals surface area contributed by atoms with Gasteiger partial charge in [0.05, 0.1) is 12.2 Å². The number of ether oxygens (including phenoxy) is 1. The molecule has 2 rings (SSSR count). The number of phenols is 1. The number of hydrogen-bond donors (Lipinski definition) is 2. The van der Waals surface area contributed by atoms with Gasteiger partial charge < -0.3 is 14.9 Å². The van der Waals surface area contributed by atoms with Crippen molar-refractivity contribution in [2.75, 3.05) is 12.4 Å². The van der Waals surface area contributed by atoms with Gasteiger partial charge in [-0.1, -0.05) is 39.0 Å². The molecule has 138 valence electrons. The molecule has 0 fully saturated rings. The number of carbonyl (C=O) groups is 1. The molecule has 0 radical (unpaired) electrons. The quantitative estimate of drug-likeness (QED) is 0.598. The number of unbranched alkanes of at least 4 members (excludes halogenated alkanes) is 5. The summed E-state index contributed by atoms with van der Waals surface area (Å²) >= 11 is 1.35. The molecule has 1 aliphatic rings. The van der Waals surface area contributed by atoms with E-state index in [2.05, 4.69) is 11.9 Å². The fourth-order valence-electron chi connectivity index (χ4n) is 2.59. The number of hydrogen-bond acceptors (Lipinski definition) is 5. The minimum atomic E-state index is -1.14. The molecule has 1 aliphatic heterocycles. The molecule has 1 aromatic rings. The molecular formula is C19H27NO4S. The first kappa shape index (κ1) is 19.6. The lowest BCUT2D eigenvalue weighted by molar-refractivity contribution is -0.141. The van der Waals surface area contributed by atoms with E-state index < -0.39 is 11.5 Å².